The van der Waals surface area contributed by atoms with Gasteiger partial charge in [-0.15, -0.1) is 0 Å². The molecule has 0 heterocycles. The first-order chi connectivity index (χ1) is 12.0. The van der Waals surface area contributed by atoms with Gasteiger partial charge in [-0.05, 0) is 29.7 Å². The van der Waals surface area contributed by atoms with Gasteiger partial charge in [-0.25, -0.2) is 17.6 Å². The summed E-state index contributed by atoms with van der Waals surface area (Å²) in [5.41, 5.74) is -0.0907. The van der Waals surface area contributed by atoms with E-state index in [1.165, 1.54) is 12.1 Å². The lowest BCUT2D eigenvalue weighted by Crippen LogP contribution is -2.37. The Morgan fingerprint density at radius 1 is 0.800 bits per heavy atom. The standard InChI is InChI=1S/C18H19F4O2Si/c1-3-9-23-25(24-10-4-2)13-7-5-12(6-8-13)14-11-15(19)17(21)18(22)16(14)20/h5-8,11H,3-4,9-10H2,1-2H3. The molecule has 0 atom stereocenters. The maximum atomic E-state index is 13.9. The zero-order valence-corrected chi connectivity index (χ0v) is 15.0. The number of rotatable bonds is 8. The van der Waals surface area contributed by atoms with E-state index < -0.39 is 32.6 Å². The second-order valence-electron chi connectivity index (χ2n) is 5.41. The van der Waals surface area contributed by atoms with E-state index in [1.807, 2.05) is 13.8 Å². The van der Waals surface area contributed by atoms with Crippen molar-refractivity contribution in [2.45, 2.75) is 26.7 Å². The summed E-state index contributed by atoms with van der Waals surface area (Å²) in [5, 5.41) is 0.805. The molecule has 0 saturated heterocycles. The van der Waals surface area contributed by atoms with E-state index in [-0.39, 0.29) is 11.1 Å². The van der Waals surface area contributed by atoms with Crippen LogP contribution >= 0.6 is 0 Å². The van der Waals surface area contributed by atoms with Crippen molar-refractivity contribution < 1.29 is 26.4 Å². The Bertz CT molecular complexity index is 699. The molecule has 0 aliphatic carbocycles. The second kappa shape index (κ2) is 9.12. The first-order valence-corrected chi connectivity index (χ1v) is 9.37. The van der Waals surface area contributed by atoms with Gasteiger partial charge in [-0.1, -0.05) is 38.1 Å². The molecule has 0 aromatic heterocycles. The fourth-order valence-corrected chi connectivity index (χ4v) is 3.80. The molecule has 0 spiro atoms. The van der Waals surface area contributed by atoms with E-state index in [1.54, 1.807) is 12.1 Å². The van der Waals surface area contributed by atoms with Crippen molar-refractivity contribution >= 4 is 14.5 Å². The summed E-state index contributed by atoms with van der Waals surface area (Å²) in [6.45, 7) is 5.09. The zero-order chi connectivity index (χ0) is 18.4. The smallest absolute Gasteiger partial charge is 0.390 e. The molecular formula is C18H19F4O2Si. The molecule has 2 aromatic rings. The highest BCUT2D eigenvalue weighted by Crippen LogP contribution is 2.27. The van der Waals surface area contributed by atoms with Crippen LogP contribution in [0.4, 0.5) is 17.6 Å². The lowest BCUT2D eigenvalue weighted by Gasteiger charge is -2.15. The van der Waals surface area contributed by atoms with Gasteiger partial charge < -0.3 is 8.85 Å². The Hall–Kier alpha value is -1.70. The lowest BCUT2D eigenvalue weighted by molar-refractivity contribution is 0.207. The van der Waals surface area contributed by atoms with Crippen LogP contribution < -0.4 is 5.19 Å². The highest BCUT2D eigenvalue weighted by atomic mass is 28.3. The third kappa shape index (κ3) is 4.68. The van der Waals surface area contributed by atoms with Crippen LogP contribution in [0.1, 0.15) is 26.7 Å². The summed E-state index contributed by atoms with van der Waals surface area (Å²) in [6.07, 6.45) is 1.70. The number of hydrogen-bond donors (Lipinski definition) is 0. The highest BCUT2D eigenvalue weighted by Gasteiger charge is 2.22. The van der Waals surface area contributed by atoms with E-state index >= 15 is 0 Å². The molecule has 7 heteroatoms. The van der Waals surface area contributed by atoms with Crippen LogP contribution in [0.5, 0.6) is 0 Å². The minimum atomic E-state index is -1.82. The molecular weight excluding hydrogens is 352 g/mol. The quantitative estimate of drug-likeness (QED) is 0.295. The Morgan fingerprint density at radius 3 is 1.88 bits per heavy atom. The van der Waals surface area contributed by atoms with E-state index in [2.05, 4.69) is 0 Å². The Kier molecular flexibility index (Phi) is 7.16. The molecule has 2 rings (SSSR count). The third-order valence-corrected chi connectivity index (χ3v) is 5.15. The van der Waals surface area contributed by atoms with Crippen LogP contribution in [0.15, 0.2) is 30.3 Å². The van der Waals surface area contributed by atoms with Crippen molar-refractivity contribution in [3.63, 3.8) is 0 Å². The van der Waals surface area contributed by atoms with E-state index in [9.17, 15) is 17.6 Å². The molecule has 0 saturated carbocycles. The van der Waals surface area contributed by atoms with Crippen LogP contribution in [-0.2, 0) is 8.85 Å². The molecule has 0 aliphatic rings. The minimum Gasteiger partial charge on any atom is -0.390 e. The van der Waals surface area contributed by atoms with Crippen molar-refractivity contribution in [2.24, 2.45) is 0 Å². The predicted molar refractivity (Wildman–Crippen MR) is 89.6 cm³/mol. The van der Waals surface area contributed by atoms with Gasteiger partial charge >= 0.3 is 9.28 Å². The first-order valence-electron chi connectivity index (χ1n) is 8.05. The number of halogens is 4. The average molecular weight is 371 g/mol. The fourth-order valence-electron chi connectivity index (χ4n) is 2.17. The summed E-state index contributed by atoms with van der Waals surface area (Å²) in [4.78, 5) is 0. The topological polar surface area (TPSA) is 18.5 Å². The monoisotopic (exact) mass is 371 g/mol. The molecule has 0 fully saturated rings. The van der Waals surface area contributed by atoms with Gasteiger partial charge in [0.15, 0.2) is 23.3 Å². The maximum Gasteiger partial charge on any atom is 0.423 e. The van der Waals surface area contributed by atoms with Gasteiger partial charge in [0.25, 0.3) is 0 Å². The molecule has 0 aliphatic heterocycles. The molecule has 1 radical (unpaired) electrons. The summed E-state index contributed by atoms with van der Waals surface area (Å²) in [7, 11) is -1.68. The Balaban J connectivity index is 2.29. The van der Waals surface area contributed by atoms with Crippen LogP contribution in [0.3, 0.4) is 0 Å². The summed E-state index contributed by atoms with van der Waals surface area (Å²) in [6, 6.07) is 7.02. The van der Waals surface area contributed by atoms with Gasteiger partial charge in [-0.3, -0.25) is 0 Å². The number of hydrogen-bond acceptors (Lipinski definition) is 2. The van der Waals surface area contributed by atoms with Gasteiger partial charge in [0.05, 0.1) is 0 Å². The van der Waals surface area contributed by atoms with Gasteiger partial charge in [0, 0.05) is 18.8 Å². The maximum absolute atomic E-state index is 13.9. The van der Waals surface area contributed by atoms with Gasteiger partial charge in [0.1, 0.15) is 0 Å². The third-order valence-electron chi connectivity index (χ3n) is 3.41. The lowest BCUT2D eigenvalue weighted by atomic mass is 10.0. The van der Waals surface area contributed by atoms with E-state index in [0.29, 0.717) is 19.3 Å². The van der Waals surface area contributed by atoms with Gasteiger partial charge in [-0.2, -0.15) is 0 Å². The largest absolute Gasteiger partial charge is 0.423 e. The van der Waals surface area contributed by atoms with E-state index in [4.69, 9.17) is 8.85 Å². The SMILES string of the molecule is CCCO[Si](OCCC)c1ccc(-c2cc(F)c(F)c(F)c2F)cc1. The van der Waals surface area contributed by atoms with Crippen molar-refractivity contribution in [3.05, 3.63) is 53.6 Å². The second-order valence-corrected chi connectivity index (χ2v) is 7.14. The summed E-state index contributed by atoms with van der Waals surface area (Å²) < 4.78 is 65.2. The van der Waals surface area contributed by atoms with Crippen LogP contribution in [0, 0.1) is 23.3 Å². The Labute approximate surface area is 146 Å². The average Bonchev–Trinajstić information content (AvgIpc) is 2.63. The molecule has 0 amide bonds. The van der Waals surface area contributed by atoms with Crippen LogP contribution in [0.25, 0.3) is 11.1 Å². The van der Waals surface area contributed by atoms with E-state index in [0.717, 1.165) is 18.0 Å². The Morgan fingerprint density at radius 2 is 1.36 bits per heavy atom. The molecule has 0 N–H and O–H groups in total. The number of benzene rings is 2. The molecule has 25 heavy (non-hydrogen) atoms. The first kappa shape index (κ1) is 19.6. The van der Waals surface area contributed by atoms with Crippen molar-refractivity contribution in [1.29, 1.82) is 0 Å². The highest BCUT2D eigenvalue weighted by molar-refractivity contribution is 6.61. The predicted octanol–water partition coefficient (Wildman–Crippen LogP) is 4.46. The molecule has 2 nitrogen and oxygen atoms in total. The molecule has 0 unspecified atom stereocenters. The molecule has 135 valence electrons. The summed E-state index contributed by atoms with van der Waals surface area (Å²) >= 11 is 0. The summed E-state index contributed by atoms with van der Waals surface area (Å²) in [5.74, 6) is -6.48. The zero-order valence-electron chi connectivity index (χ0n) is 14.0. The minimum absolute atomic E-state index is 0.242. The van der Waals surface area contributed by atoms with Crippen LogP contribution in [0.2, 0.25) is 0 Å². The molecule has 2 aromatic carbocycles. The molecule has 0 bridgehead atoms. The normalized spacial score (nSPS) is 11.3. The van der Waals surface area contributed by atoms with Crippen molar-refractivity contribution in [3.8, 4) is 11.1 Å². The van der Waals surface area contributed by atoms with Crippen molar-refractivity contribution in [1.82, 2.24) is 0 Å². The fraction of sp³-hybridized carbons (Fsp3) is 0.333. The van der Waals surface area contributed by atoms with Crippen LogP contribution in [-0.4, -0.2) is 22.5 Å². The van der Waals surface area contributed by atoms with Crippen molar-refractivity contribution in [2.75, 3.05) is 13.2 Å². The van der Waals surface area contributed by atoms with Gasteiger partial charge in [0.2, 0.25) is 0 Å².